The van der Waals surface area contributed by atoms with Crippen LogP contribution in [0.15, 0.2) is 0 Å². The quantitative estimate of drug-likeness (QED) is 0.622. The highest BCUT2D eigenvalue weighted by Crippen LogP contribution is 2.20. The highest BCUT2D eigenvalue weighted by Gasteiger charge is 2.15. The van der Waals surface area contributed by atoms with Crippen LogP contribution in [0.1, 0.15) is 18.2 Å². The van der Waals surface area contributed by atoms with E-state index in [1.807, 2.05) is 6.92 Å². The molecule has 0 aliphatic carbocycles. The van der Waals surface area contributed by atoms with Crippen LogP contribution in [0.2, 0.25) is 0 Å². The molecule has 2 rings (SSSR count). The highest BCUT2D eigenvalue weighted by molar-refractivity contribution is 5.50. The predicted octanol–water partition coefficient (Wildman–Crippen LogP) is 0.136. The van der Waals surface area contributed by atoms with Gasteiger partial charge in [-0.2, -0.15) is 4.98 Å². The zero-order chi connectivity index (χ0) is 9.97. The predicted molar refractivity (Wildman–Crippen MR) is 56.0 cm³/mol. The Morgan fingerprint density at radius 3 is 3.14 bits per heavy atom. The summed E-state index contributed by atoms with van der Waals surface area (Å²) in [6.45, 7) is 4.68. The number of hydrogen-bond donors (Lipinski definition) is 3. The van der Waals surface area contributed by atoms with Gasteiger partial charge in [-0.05, 0) is 19.9 Å². The first-order valence-corrected chi connectivity index (χ1v) is 4.91. The number of rotatable bonds is 2. The Morgan fingerprint density at radius 1 is 1.50 bits per heavy atom. The van der Waals surface area contributed by atoms with Crippen molar-refractivity contribution in [1.82, 2.24) is 15.3 Å². The summed E-state index contributed by atoms with van der Waals surface area (Å²) < 4.78 is 0. The summed E-state index contributed by atoms with van der Waals surface area (Å²) in [5.74, 6) is 1.25. The molecule has 0 unspecified atom stereocenters. The second kappa shape index (κ2) is 3.79. The van der Waals surface area contributed by atoms with Crippen LogP contribution in [0, 0.1) is 0 Å². The molecule has 0 atom stereocenters. The Morgan fingerprint density at radius 2 is 2.36 bits per heavy atom. The van der Waals surface area contributed by atoms with E-state index in [9.17, 15) is 0 Å². The maximum atomic E-state index is 5.62. The molecule has 1 aromatic rings. The Bertz CT molecular complexity index is 336. The van der Waals surface area contributed by atoms with E-state index in [2.05, 4.69) is 20.6 Å². The smallest absolute Gasteiger partial charge is 0.222 e. The summed E-state index contributed by atoms with van der Waals surface area (Å²) in [7, 11) is 0. The van der Waals surface area contributed by atoms with Gasteiger partial charge in [-0.1, -0.05) is 0 Å². The van der Waals surface area contributed by atoms with Crippen LogP contribution in [0.25, 0.3) is 0 Å². The molecule has 0 fully saturated rings. The number of nitrogen functional groups attached to an aromatic ring is 1. The van der Waals surface area contributed by atoms with Crippen molar-refractivity contribution in [2.45, 2.75) is 19.9 Å². The minimum atomic E-state index is 0.350. The van der Waals surface area contributed by atoms with Gasteiger partial charge in [0.15, 0.2) is 0 Å². The van der Waals surface area contributed by atoms with Crippen molar-refractivity contribution < 1.29 is 0 Å². The molecule has 2 heterocycles. The summed E-state index contributed by atoms with van der Waals surface area (Å²) in [6.07, 6.45) is 0.970. The molecule has 1 aliphatic rings. The van der Waals surface area contributed by atoms with Gasteiger partial charge in [0.1, 0.15) is 5.82 Å². The molecule has 0 radical (unpaired) electrons. The van der Waals surface area contributed by atoms with Gasteiger partial charge in [0.05, 0.1) is 5.69 Å². The number of aromatic nitrogens is 2. The minimum absolute atomic E-state index is 0.350. The van der Waals surface area contributed by atoms with Gasteiger partial charge in [-0.3, -0.25) is 0 Å². The van der Waals surface area contributed by atoms with E-state index in [0.29, 0.717) is 5.95 Å². The van der Waals surface area contributed by atoms with Crippen molar-refractivity contribution in [2.24, 2.45) is 0 Å². The lowest BCUT2D eigenvalue weighted by Crippen LogP contribution is -2.26. The lowest BCUT2D eigenvalue weighted by atomic mass is 10.1. The Labute approximate surface area is 83.1 Å². The summed E-state index contributed by atoms with van der Waals surface area (Å²) in [5.41, 5.74) is 7.86. The molecular weight excluding hydrogens is 178 g/mol. The van der Waals surface area contributed by atoms with E-state index in [1.54, 1.807) is 0 Å². The lowest BCUT2D eigenvalue weighted by molar-refractivity contribution is 0.625. The fraction of sp³-hybridized carbons (Fsp3) is 0.556. The van der Waals surface area contributed by atoms with Crippen LogP contribution in [0.4, 0.5) is 11.8 Å². The SMILES string of the molecule is CCNc1nc(N)nc2c1CCNC2. The Balaban J connectivity index is 2.41. The lowest BCUT2D eigenvalue weighted by Gasteiger charge is -2.19. The molecule has 0 amide bonds. The molecule has 0 spiro atoms. The summed E-state index contributed by atoms with van der Waals surface area (Å²) in [5, 5.41) is 6.48. The van der Waals surface area contributed by atoms with Crippen LogP contribution < -0.4 is 16.4 Å². The molecule has 0 bridgehead atoms. The van der Waals surface area contributed by atoms with E-state index in [4.69, 9.17) is 5.73 Å². The first-order chi connectivity index (χ1) is 6.81. The number of nitrogens with zero attached hydrogens (tertiary/aromatic N) is 2. The molecule has 0 saturated heterocycles. The normalized spacial score (nSPS) is 14.9. The average Bonchev–Trinajstić information content (AvgIpc) is 2.18. The molecule has 5 heteroatoms. The molecule has 1 aromatic heterocycles. The number of anilines is 2. The third-order valence-electron chi connectivity index (χ3n) is 2.30. The van der Waals surface area contributed by atoms with E-state index in [1.165, 1.54) is 5.56 Å². The third kappa shape index (κ3) is 1.63. The van der Waals surface area contributed by atoms with Crippen LogP contribution in [-0.4, -0.2) is 23.1 Å². The highest BCUT2D eigenvalue weighted by atomic mass is 15.1. The summed E-state index contributed by atoms with van der Waals surface area (Å²) >= 11 is 0. The second-order valence-corrected chi connectivity index (χ2v) is 3.31. The van der Waals surface area contributed by atoms with Gasteiger partial charge in [0.2, 0.25) is 5.95 Å². The van der Waals surface area contributed by atoms with Crippen molar-refractivity contribution >= 4 is 11.8 Å². The molecule has 0 saturated carbocycles. The molecule has 76 valence electrons. The molecular formula is C9H15N5. The van der Waals surface area contributed by atoms with Crippen LogP contribution >= 0.6 is 0 Å². The van der Waals surface area contributed by atoms with Gasteiger partial charge in [0, 0.05) is 18.7 Å². The van der Waals surface area contributed by atoms with Crippen LogP contribution in [0.5, 0.6) is 0 Å². The number of fused-ring (bicyclic) bond motifs is 1. The van der Waals surface area contributed by atoms with Crippen LogP contribution in [0.3, 0.4) is 0 Å². The topological polar surface area (TPSA) is 75.9 Å². The molecule has 14 heavy (non-hydrogen) atoms. The maximum absolute atomic E-state index is 5.62. The van der Waals surface area contributed by atoms with Gasteiger partial charge in [-0.25, -0.2) is 4.98 Å². The monoisotopic (exact) mass is 193 g/mol. The number of nitrogens with one attached hydrogen (secondary N) is 2. The summed E-state index contributed by atoms with van der Waals surface area (Å²) in [4.78, 5) is 8.42. The fourth-order valence-corrected chi connectivity index (χ4v) is 1.69. The van der Waals surface area contributed by atoms with Gasteiger partial charge in [0.25, 0.3) is 0 Å². The number of nitrogens with two attached hydrogens (primary N) is 1. The van der Waals surface area contributed by atoms with Crippen LogP contribution in [-0.2, 0) is 13.0 Å². The zero-order valence-electron chi connectivity index (χ0n) is 8.30. The van der Waals surface area contributed by atoms with E-state index >= 15 is 0 Å². The maximum Gasteiger partial charge on any atom is 0.222 e. The molecule has 5 nitrogen and oxygen atoms in total. The minimum Gasteiger partial charge on any atom is -0.370 e. The Kier molecular flexibility index (Phi) is 2.49. The van der Waals surface area contributed by atoms with Crippen molar-refractivity contribution in [3.05, 3.63) is 11.3 Å². The van der Waals surface area contributed by atoms with E-state index in [0.717, 1.165) is 37.6 Å². The third-order valence-corrected chi connectivity index (χ3v) is 2.30. The standard InChI is InChI=1S/C9H15N5/c1-2-12-8-6-3-4-11-5-7(6)13-9(10)14-8/h11H,2-5H2,1H3,(H3,10,12,13,14). The van der Waals surface area contributed by atoms with Crippen molar-refractivity contribution in [3.8, 4) is 0 Å². The zero-order valence-corrected chi connectivity index (χ0v) is 8.30. The summed E-state index contributed by atoms with van der Waals surface area (Å²) in [6, 6.07) is 0. The van der Waals surface area contributed by atoms with Crippen molar-refractivity contribution in [2.75, 3.05) is 24.1 Å². The molecule has 0 aromatic carbocycles. The number of hydrogen-bond acceptors (Lipinski definition) is 5. The molecule has 1 aliphatic heterocycles. The van der Waals surface area contributed by atoms with Gasteiger partial charge < -0.3 is 16.4 Å². The first kappa shape index (κ1) is 9.21. The Hall–Kier alpha value is -1.36. The largest absolute Gasteiger partial charge is 0.370 e. The fourth-order valence-electron chi connectivity index (χ4n) is 1.69. The average molecular weight is 193 g/mol. The van der Waals surface area contributed by atoms with E-state index in [-0.39, 0.29) is 0 Å². The molecule has 4 N–H and O–H groups in total. The van der Waals surface area contributed by atoms with Crippen molar-refractivity contribution in [1.29, 1.82) is 0 Å². The van der Waals surface area contributed by atoms with Crippen molar-refractivity contribution in [3.63, 3.8) is 0 Å². The van der Waals surface area contributed by atoms with E-state index < -0.39 is 0 Å². The van der Waals surface area contributed by atoms with Gasteiger partial charge >= 0.3 is 0 Å². The first-order valence-electron chi connectivity index (χ1n) is 4.91. The van der Waals surface area contributed by atoms with Gasteiger partial charge in [-0.15, -0.1) is 0 Å². The second-order valence-electron chi connectivity index (χ2n) is 3.31.